The van der Waals surface area contributed by atoms with Gasteiger partial charge in [0, 0.05) is 6.54 Å². The average molecular weight is 357 g/mol. The molecule has 1 aromatic heterocycles. The van der Waals surface area contributed by atoms with Crippen molar-refractivity contribution >= 4 is 17.8 Å². The number of amides is 4. The van der Waals surface area contributed by atoms with Gasteiger partial charge >= 0.3 is 6.03 Å². The molecule has 0 bridgehead atoms. The van der Waals surface area contributed by atoms with Crippen molar-refractivity contribution in [2.45, 2.75) is 25.6 Å². The van der Waals surface area contributed by atoms with Crippen LogP contribution < -0.4 is 15.4 Å². The zero-order valence-corrected chi connectivity index (χ0v) is 14.2. The first-order valence-corrected chi connectivity index (χ1v) is 8.10. The average Bonchev–Trinajstić information content (AvgIpc) is 3.25. The van der Waals surface area contributed by atoms with Crippen molar-refractivity contribution in [3.63, 3.8) is 0 Å². The summed E-state index contributed by atoms with van der Waals surface area (Å²) in [6.45, 7) is 0.370. The van der Waals surface area contributed by atoms with E-state index < -0.39 is 18.0 Å². The maximum absolute atomic E-state index is 12.3. The molecule has 8 nitrogen and oxygen atoms in total. The van der Waals surface area contributed by atoms with Crippen molar-refractivity contribution in [2.75, 3.05) is 7.11 Å². The SMILES string of the molecule is COc1ccc(CNC(=O)CC2NC(=O)N(Cc3ccco3)C2=O)cc1. The highest BCUT2D eigenvalue weighted by Gasteiger charge is 2.39. The van der Waals surface area contributed by atoms with Crippen LogP contribution in [0.2, 0.25) is 0 Å². The third-order valence-electron chi connectivity index (χ3n) is 4.04. The van der Waals surface area contributed by atoms with E-state index in [1.165, 1.54) is 6.26 Å². The highest BCUT2D eigenvalue weighted by molar-refractivity contribution is 6.05. The van der Waals surface area contributed by atoms with Crippen molar-refractivity contribution in [2.24, 2.45) is 0 Å². The number of hydrogen-bond acceptors (Lipinski definition) is 5. The van der Waals surface area contributed by atoms with Gasteiger partial charge in [-0.05, 0) is 29.8 Å². The minimum atomic E-state index is -0.867. The molecule has 136 valence electrons. The zero-order chi connectivity index (χ0) is 18.5. The molecular formula is C18H19N3O5. The van der Waals surface area contributed by atoms with E-state index in [0.717, 1.165) is 16.2 Å². The maximum atomic E-state index is 12.3. The Labute approximate surface area is 150 Å². The summed E-state index contributed by atoms with van der Waals surface area (Å²) in [7, 11) is 1.58. The van der Waals surface area contributed by atoms with E-state index in [1.807, 2.05) is 12.1 Å². The predicted molar refractivity (Wildman–Crippen MR) is 91.0 cm³/mol. The van der Waals surface area contributed by atoms with Gasteiger partial charge in [-0.25, -0.2) is 4.79 Å². The van der Waals surface area contributed by atoms with Crippen molar-refractivity contribution in [1.29, 1.82) is 0 Å². The predicted octanol–water partition coefficient (Wildman–Crippen LogP) is 1.42. The number of benzene rings is 1. The molecule has 4 amide bonds. The van der Waals surface area contributed by atoms with E-state index in [-0.39, 0.29) is 18.9 Å². The van der Waals surface area contributed by atoms with Crippen LogP contribution in [0.5, 0.6) is 5.75 Å². The molecule has 1 unspecified atom stereocenters. The second-order valence-corrected chi connectivity index (χ2v) is 5.83. The molecule has 0 radical (unpaired) electrons. The lowest BCUT2D eigenvalue weighted by Gasteiger charge is -2.11. The van der Waals surface area contributed by atoms with Gasteiger partial charge in [0.25, 0.3) is 5.91 Å². The monoisotopic (exact) mass is 357 g/mol. The molecule has 8 heteroatoms. The maximum Gasteiger partial charge on any atom is 0.325 e. The number of urea groups is 1. The number of furan rings is 1. The van der Waals surface area contributed by atoms with Crippen LogP contribution in [-0.2, 0) is 22.7 Å². The molecule has 0 aliphatic carbocycles. The third kappa shape index (κ3) is 4.02. The number of nitrogens with zero attached hydrogens (tertiary/aromatic N) is 1. The van der Waals surface area contributed by atoms with E-state index in [1.54, 1.807) is 31.4 Å². The van der Waals surface area contributed by atoms with Crippen molar-refractivity contribution in [3.05, 3.63) is 54.0 Å². The summed E-state index contributed by atoms with van der Waals surface area (Å²) >= 11 is 0. The van der Waals surface area contributed by atoms with Crippen LogP contribution in [-0.4, -0.2) is 35.9 Å². The fourth-order valence-electron chi connectivity index (χ4n) is 2.62. The number of carbonyl (C=O) groups excluding carboxylic acids is 3. The lowest BCUT2D eigenvalue weighted by molar-refractivity contribution is -0.131. The first-order valence-electron chi connectivity index (χ1n) is 8.10. The molecule has 1 aliphatic rings. The Bertz CT molecular complexity index is 786. The van der Waals surface area contributed by atoms with Crippen LogP contribution in [0, 0.1) is 0 Å². The molecule has 1 aromatic carbocycles. The molecule has 26 heavy (non-hydrogen) atoms. The standard InChI is InChI=1S/C18H19N3O5/c1-25-13-6-4-12(5-7-13)10-19-16(22)9-15-17(23)21(18(24)20-15)11-14-3-2-8-26-14/h2-8,15H,9-11H2,1H3,(H,19,22)(H,20,24). The van der Waals surface area contributed by atoms with Crippen LogP contribution >= 0.6 is 0 Å². The quantitative estimate of drug-likeness (QED) is 0.730. The van der Waals surface area contributed by atoms with Crippen LogP contribution in [0.3, 0.4) is 0 Å². The third-order valence-corrected chi connectivity index (χ3v) is 4.04. The summed E-state index contributed by atoms with van der Waals surface area (Å²) in [5.74, 6) is 0.472. The highest BCUT2D eigenvalue weighted by atomic mass is 16.5. The normalized spacial score (nSPS) is 16.5. The van der Waals surface area contributed by atoms with Gasteiger partial charge in [0.1, 0.15) is 17.6 Å². The Morgan fingerprint density at radius 2 is 2.04 bits per heavy atom. The van der Waals surface area contributed by atoms with Crippen molar-refractivity contribution < 1.29 is 23.5 Å². The van der Waals surface area contributed by atoms with E-state index >= 15 is 0 Å². The van der Waals surface area contributed by atoms with Crippen LogP contribution in [0.25, 0.3) is 0 Å². The minimum absolute atomic E-state index is 0.0433. The second kappa shape index (κ2) is 7.73. The Hall–Kier alpha value is -3.29. The molecule has 3 rings (SSSR count). The van der Waals surface area contributed by atoms with Crippen LogP contribution in [0.4, 0.5) is 4.79 Å². The van der Waals surface area contributed by atoms with Gasteiger partial charge in [-0.15, -0.1) is 0 Å². The minimum Gasteiger partial charge on any atom is -0.497 e. The molecule has 2 aromatic rings. The molecule has 2 heterocycles. The molecule has 1 atom stereocenters. The van der Waals surface area contributed by atoms with Gasteiger partial charge in [0.2, 0.25) is 5.91 Å². The first kappa shape index (κ1) is 17.5. The molecule has 0 spiro atoms. The summed E-state index contributed by atoms with van der Waals surface area (Å²) < 4.78 is 10.2. The molecular weight excluding hydrogens is 338 g/mol. The lowest BCUT2D eigenvalue weighted by Crippen LogP contribution is -2.36. The van der Waals surface area contributed by atoms with Crippen LogP contribution in [0.1, 0.15) is 17.7 Å². The van der Waals surface area contributed by atoms with Crippen molar-refractivity contribution in [3.8, 4) is 5.75 Å². The molecule has 2 N–H and O–H groups in total. The number of imide groups is 1. The van der Waals surface area contributed by atoms with Gasteiger partial charge in [0.15, 0.2) is 0 Å². The fourth-order valence-corrected chi connectivity index (χ4v) is 2.62. The number of carbonyl (C=O) groups is 3. The molecule has 1 saturated heterocycles. The van der Waals surface area contributed by atoms with E-state index in [0.29, 0.717) is 12.3 Å². The summed E-state index contributed by atoms with van der Waals surface area (Å²) in [5.41, 5.74) is 0.903. The molecule has 1 aliphatic heterocycles. The summed E-state index contributed by atoms with van der Waals surface area (Å²) in [6.07, 6.45) is 1.35. The van der Waals surface area contributed by atoms with Gasteiger partial charge in [0.05, 0.1) is 26.3 Å². The van der Waals surface area contributed by atoms with E-state index in [9.17, 15) is 14.4 Å². The summed E-state index contributed by atoms with van der Waals surface area (Å²) in [5, 5.41) is 5.27. The van der Waals surface area contributed by atoms with Crippen LogP contribution in [0.15, 0.2) is 47.1 Å². The summed E-state index contributed by atoms with van der Waals surface area (Å²) in [4.78, 5) is 37.4. The smallest absolute Gasteiger partial charge is 0.325 e. The zero-order valence-electron chi connectivity index (χ0n) is 14.2. The number of ether oxygens (including phenoxy) is 1. The summed E-state index contributed by atoms with van der Waals surface area (Å²) in [6, 6.07) is 9.24. The second-order valence-electron chi connectivity index (χ2n) is 5.83. The molecule has 0 saturated carbocycles. The first-order chi connectivity index (χ1) is 12.6. The Morgan fingerprint density at radius 1 is 1.27 bits per heavy atom. The number of methoxy groups -OCH3 is 1. The van der Waals surface area contributed by atoms with E-state index in [2.05, 4.69) is 10.6 Å². The van der Waals surface area contributed by atoms with Gasteiger partial charge in [-0.2, -0.15) is 0 Å². The highest BCUT2D eigenvalue weighted by Crippen LogP contribution is 2.15. The Balaban J connectivity index is 1.50. The number of rotatable bonds is 7. The van der Waals surface area contributed by atoms with Gasteiger partial charge < -0.3 is 19.8 Å². The number of hydrogen-bond donors (Lipinski definition) is 2. The Morgan fingerprint density at radius 3 is 2.69 bits per heavy atom. The van der Waals surface area contributed by atoms with Gasteiger partial charge in [-0.1, -0.05) is 12.1 Å². The topological polar surface area (TPSA) is 101 Å². The lowest BCUT2D eigenvalue weighted by atomic mass is 10.1. The van der Waals surface area contributed by atoms with Crippen molar-refractivity contribution in [1.82, 2.24) is 15.5 Å². The largest absolute Gasteiger partial charge is 0.497 e. The van der Waals surface area contributed by atoms with Gasteiger partial charge in [-0.3, -0.25) is 14.5 Å². The number of nitrogens with one attached hydrogen (secondary N) is 2. The fraction of sp³-hybridized carbons (Fsp3) is 0.278. The Kier molecular flexibility index (Phi) is 5.21. The molecule has 1 fully saturated rings. The van der Waals surface area contributed by atoms with E-state index in [4.69, 9.17) is 9.15 Å².